The number of carbonyl (C=O) groups is 1. The standard InChI is InChI=1S/C14H17N3OS2/c1-3-17(10(2)18)14-16-11(9-20-14)8-19-13-7-5-4-6-12(13)15/h4-7,9H,3,8,15H2,1-2H3. The van der Waals surface area contributed by atoms with Crippen molar-refractivity contribution in [1.29, 1.82) is 0 Å². The fraction of sp³-hybridized carbons (Fsp3) is 0.286. The minimum absolute atomic E-state index is 0.0216. The zero-order chi connectivity index (χ0) is 14.5. The molecule has 20 heavy (non-hydrogen) atoms. The van der Waals surface area contributed by atoms with Gasteiger partial charge in [0.2, 0.25) is 5.91 Å². The smallest absolute Gasteiger partial charge is 0.225 e. The van der Waals surface area contributed by atoms with Crippen LogP contribution in [0.3, 0.4) is 0 Å². The minimum atomic E-state index is 0.0216. The van der Waals surface area contributed by atoms with Crippen LogP contribution < -0.4 is 10.6 Å². The number of nitrogens with two attached hydrogens (primary N) is 1. The number of thioether (sulfide) groups is 1. The van der Waals surface area contributed by atoms with E-state index in [2.05, 4.69) is 4.98 Å². The highest BCUT2D eigenvalue weighted by Gasteiger charge is 2.13. The SMILES string of the molecule is CCN(C(C)=O)c1nc(CSc2ccccc2N)cs1. The predicted molar refractivity (Wildman–Crippen MR) is 86.2 cm³/mol. The molecular formula is C14H17N3OS2. The van der Waals surface area contributed by atoms with Crippen LogP contribution in [0.5, 0.6) is 0 Å². The second-order valence-corrected chi connectivity index (χ2v) is 6.06. The zero-order valence-electron chi connectivity index (χ0n) is 11.5. The summed E-state index contributed by atoms with van der Waals surface area (Å²) in [4.78, 5) is 18.7. The van der Waals surface area contributed by atoms with Crippen molar-refractivity contribution in [3.05, 3.63) is 35.3 Å². The number of nitrogens with zero attached hydrogens (tertiary/aromatic N) is 2. The Labute approximate surface area is 127 Å². The summed E-state index contributed by atoms with van der Waals surface area (Å²) >= 11 is 3.16. The van der Waals surface area contributed by atoms with Crippen LogP contribution in [0.15, 0.2) is 34.5 Å². The molecule has 0 spiro atoms. The van der Waals surface area contributed by atoms with Crippen molar-refractivity contribution in [3.8, 4) is 0 Å². The van der Waals surface area contributed by atoms with Crippen LogP contribution in [0.25, 0.3) is 0 Å². The van der Waals surface area contributed by atoms with Crippen molar-refractivity contribution in [3.63, 3.8) is 0 Å². The van der Waals surface area contributed by atoms with Crippen LogP contribution in [-0.4, -0.2) is 17.4 Å². The van der Waals surface area contributed by atoms with Gasteiger partial charge in [0.15, 0.2) is 5.13 Å². The van der Waals surface area contributed by atoms with E-state index in [0.29, 0.717) is 6.54 Å². The monoisotopic (exact) mass is 307 g/mol. The Bertz CT molecular complexity index is 598. The van der Waals surface area contributed by atoms with Gasteiger partial charge in [0.05, 0.1) is 5.69 Å². The second-order valence-electron chi connectivity index (χ2n) is 4.21. The Kier molecular flexibility index (Phi) is 5.03. The summed E-state index contributed by atoms with van der Waals surface area (Å²) in [7, 11) is 0. The third kappa shape index (κ3) is 3.52. The molecule has 0 bridgehead atoms. The number of hydrogen-bond donors (Lipinski definition) is 1. The van der Waals surface area contributed by atoms with Gasteiger partial charge >= 0.3 is 0 Å². The molecule has 0 radical (unpaired) electrons. The summed E-state index contributed by atoms with van der Waals surface area (Å²) in [5, 5.41) is 2.75. The van der Waals surface area contributed by atoms with Gasteiger partial charge in [-0.3, -0.25) is 9.69 Å². The van der Waals surface area contributed by atoms with E-state index in [1.165, 1.54) is 11.3 Å². The lowest BCUT2D eigenvalue weighted by atomic mass is 10.3. The summed E-state index contributed by atoms with van der Waals surface area (Å²) in [5.41, 5.74) is 7.66. The lowest BCUT2D eigenvalue weighted by Crippen LogP contribution is -2.27. The summed E-state index contributed by atoms with van der Waals surface area (Å²) in [6.07, 6.45) is 0. The normalized spacial score (nSPS) is 10.5. The largest absolute Gasteiger partial charge is 0.398 e. The average molecular weight is 307 g/mol. The number of aromatic nitrogens is 1. The minimum Gasteiger partial charge on any atom is -0.398 e. The van der Waals surface area contributed by atoms with Crippen molar-refractivity contribution < 1.29 is 4.79 Å². The summed E-state index contributed by atoms with van der Waals surface area (Å²) in [6, 6.07) is 7.79. The van der Waals surface area contributed by atoms with Gasteiger partial charge in [0.25, 0.3) is 0 Å². The van der Waals surface area contributed by atoms with E-state index in [1.807, 2.05) is 36.6 Å². The summed E-state index contributed by atoms with van der Waals surface area (Å²) in [5.74, 6) is 0.772. The topological polar surface area (TPSA) is 59.2 Å². The van der Waals surface area contributed by atoms with E-state index in [0.717, 1.165) is 27.2 Å². The second kappa shape index (κ2) is 6.76. The third-order valence-corrected chi connectivity index (χ3v) is 4.80. The van der Waals surface area contributed by atoms with Gasteiger partial charge in [-0.2, -0.15) is 0 Å². The van der Waals surface area contributed by atoms with E-state index in [9.17, 15) is 4.79 Å². The maximum absolute atomic E-state index is 11.5. The van der Waals surface area contributed by atoms with Crippen molar-refractivity contribution in [2.75, 3.05) is 17.2 Å². The number of amides is 1. The van der Waals surface area contributed by atoms with E-state index in [4.69, 9.17) is 5.73 Å². The Morgan fingerprint density at radius 1 is 1.45 bits per heavy atom. The average Bonchev–Trinajstić information content (AvgIpc) is 2.87. The first-order chi connectivity index (χ1) is 9.61. The summed E-state index contributed by atoms with van der Waals surface area (Å²) in [6.45, 7) is 4.15. The molecule has 2 N–H and O–H groups in total. The van der Waals surface area contributed by atoms with Crippen LogP contribution in [-0.2, 0) is 10.5 Å². The van der Waals surface area contributed by atoms with Crippen LogP contribution in [0.4, 0.5) is 10.8 Å². The molecule has 2 rings (SSSR count). The van der Waals surface area contributed by atoms with Gasteiger partial charge in [-0.05, 0) is 19.1 Å². The molecule has 0 unspecified atom stereocenters. The lowest BCUT2D eigenvalue weighted by Gasteiger charge is -2.14. The van der Waals surface area contributed by atoms with Crippen LogP contribution >= 0.6 is 23.1 Å². The Hall–Kier alpha value is -1.53. The van der Waals surface area contributed by atoms with Crippen molar-refractivity contribution >= 4 is 39.8 Å². The molecule has 6 heteroatoms. The molecule has 0 fully saturated rings. The van der Waals surface area contributed by atoms with E-state index < -0.39 is 0 Å². The number of carbonyl (C=O) groups excluding carboxylic acids is 1. The predicted octanol–water partition coefficient (Wildman–Crippen LogP) is 3.39. The van der Waals surface area contributed by atoms with E-state index in [1.54, 1.807) is 23.6 Å². The molecule has 106 valence electrons. The molecule has 1 heterocycles. The molecular weight excluding hydrogens is 290 g/mol. The van der Waals surface area contributed by atoms with E-state index in [-0.39, 0.29) is 5.91 Å². The highest BCUT2D eigenvalue weighted by Crippen LogP contribution is 2.29. The number of para-hydroxylation sites is 1. The van der Waals surface area contributed by atoms with Gasteiger partial charge in [0.1, 0.15) is 0 Å². The maximum Gasteiger partial charge on any atom is 0.225 e. The van der Waals surface area contributed by atoms with E-state index >= 15 is 0 Å². The van der Waals surface area contributed by atoms with Gasteiger partial charge in [-0.25, -0.2) is 4.98 Å². The van der Waals surface area contributed by atoms with Gasteiger partial charge in [-0.1, -0.05) is 12.1 Å². The third-order valence-electron chi connectivity index (χ3n) is 2.76. The van der Waals surface area contributed by atoms with Gasteiger partial charge in [0, 0.05) is 35.2 Å². The number of nitrogen functional groups attached to an aromatic ring is 1. The first-order valence-electron chi connectivity index (χ1n) is 6.31. The van der Waals surface area contributed by atoms with Crippen LogP contribution in [0.1, 0.15) is 19.5 Å². The number of thiazole rings is 1. The Morgan fingerprint density at radius 3 is 2.85 bits per heavy atom. The lowest BCUT2D eigenvalue weighted by molar-refractivity contribution is -0.116. The molecule has 1 aromatic heterocycles. The molecule has 0 saturated carbocycles. The number of rotatable bonds is 5. The van der Waals surface area contributed by atoms with Crippen molar-refractivity contribution in [1.82, 2.24) is 4.98 Å². The highest BCUT2D eigenvalue weighted by atomic mass is 32.2. The highest BCUT2D eigenvalue weighted by molar-refractivity contribution is 7.98. The molecule has 4 nitrogen and oxygen atoms in total. The molecule has 0 aliphatic heterocycles. The molecule has 1 amide bonds. The Balaban J connectivity index is 2.03. The van der Waals surface area contributed by atoms with Crippen LogP contribution in [0, 0.1) is 0 Å². The Morgan fingerprint density at radius 2 is 2.20 bits per heavy atom. The van der Waals surface area contributed by atoms with Gasteiger partial charge in [-0.15, -0.1) is 23.1 Å². The molecule has 0 aliphatic carbocycles. The molecule has 0 atom stereocenters. The zero-order valence-corrected chi connectivity index (χ0v) is 13.1. The van der Waals surface area contributed by atoms with Gasteiger partial charge < -0.3 is 5.73 Å². The molecule has 0 saturated heterocycles. The van der Waals surface area contributed by atoms with Crippen LogP contribution in [0.2, 0.25) is 0 Å². The first kappa shape index (κ1) is 14.9. The van der Waals surface area contributed by atoms with Crippen molar-refractivity contribution in [2.45, 2.75) is 24.5 Å². The first-order valence-corrected chi connectivity index (χ1v) is 8.18. The summed E-state index contributed by atoms with van der Waals surface area (Å²) < 4.78 is 0. The fourth-order valence-electron chi connectivity index (χ4n) is 1.74. The molecule has 0 aliphatic rings. The number of anilines is 2. The molecule has 1 aromatic carbocycles. The quantitative estimate of drug-likeness (QED) is 0.679. The number of hydrogen-bond acceptors (Lipinski definition) is 5. The van der Waals surface area contributed by atoms with Crippen molar-refractivity contribution in [2.24, 2.45) is 0 Å². The molecule has 2 aromatic rings. The fourth-order valence-corrected chi connectivity index (χ4v) is 3.64. The number of benzene rings is 1. The maximum atomic E-state index is 11.5.